The summed E-state index contributed by atoms with van der Waals surface area (Å²) in [5, 5.41) is 6.11. The van der Waals surface area contributed by atoms with Crippen LogP contribution in [-0.2, 0) is 6.54 Å². The maximum atomic E-state index is 5.85. The molecule has 0 fully saturated rings. The van der Waals surface area contributed by atoms with E-state index in [4.69, 9.17) is 11.6 Å². The number of hydrogen-bond donors (Lipinski definition) is 1. The lowest BCUT2D eigenvalue weighted by Gasteiger charge is -1.96. The molecule has 1 N–H and O–H groups in total. The van der Waals surface area contributed by atoms with Crippen LogP contribution >= 0.6 is 22.9 Å². The molecule has 15 heavy (non-hydrogen) atoms. The Morgan fingerprint density at radius 2 is 2.00 bits per heavy atom. The third kappa shape index (κ3) is 2.59. The molecule has 0 saturated carbocycles. The maximum Gasteiger partial charge on any atom is 0.0406 e. The van der Waals surface area contributed by atoms with Crippen molar-refractivity contribution in [2.45, 2.75) is 6.54 Å². The van der Waals surface area contributed by atoms with Gasteiger partial charge in [-0.3, -0.25) is 0 Å². The van der Waals surface area contributed by atoms with Crippen molar-refractivity contribution in [2.24, 2.45) is 0 Å². The van der Waals surface area contributed by atoms with Gasteiger partial charge in [0.05, 0.1) is 0 Å². The predicted molar refractivity (Wildman–Crippen MR) is 67.5 cm³/mol. The summed E-state index contributed by atoms with van der Waals surface area (Å²) in [6.07, 6.45) is 0. The van der Waals surface area contributed by atoms with Gasteiger partial charge in [0.25, 0.3) is 0 Å². The minimum atomic E-state index is 0.783. The lowest BCUT2D eigenvalue weighted by atomic mass is 10.2. The van der Waals surface area contributed by atoms with Crippen LogP contribution in [0.1, 0.15) is 5.56 Å². The van der Waals surface area contributed by atoms with E-state index >= 15 is 0 Å². The molecule has 2 rings (SSSR count). The minimum absolute atomic E-state index is 0.783. The third-order valence-corrected chi connectivity index (χ3v) is 3.44. The topological polar surface area (TPSA) is 12.0 Å². The average molecular weight is 238 g/mol. The Hall–Kier alpha value is -0.830. The fourth-order valence-electron chi connectivity index (χ4n) is 1.44. The van der Waals surface area contributed by atoms with Crippen LogP contribution in [0.3, 0.4) is 0 Å². The van der Waals surface area contributed by atoms with Gasteiger partial charge < -0.3 is 5.32 Å². The Balaban J connectivity index is 2.25. The molecule has 0 aliphatic heterocycles. The van der Waals surface area contributed by atoms with E-state index < -0.39 is 0 Å². The van der Waals surface area contributed by atoms with Crippen molar-refractivity contribution < 1.29 is 0 Å². The molecule has 0 radical (unpaired) electrons. The van der Waals surface area contributed by atoms with Gasteiger partial charge in [-0.05, 0) is 41.8 Å². The first-order valence-corrected chi connectivity index (χ1v) is 6.03. The van der Waals surface area contributed by atoms with Crippen LogP contribution in [0.25, 0.3) is 10.4 Å². The molecule has 0 aliphatic carbocycles. The summed E-state index contributed by atoms with van der Waals surface area (Å²) in [5.74, 6) is 0. The molecule has 1 aromatic carbocycles. The average Bonchev–Trinajstić information content (AvgIpc) is 2.68. The van der Waals surface area contributed by atoms with Gasteiger partial charge in [-0.15, -0.1) is 11.3 Å². The number of nitrogens with one attached hydrogen (secondary N) is 1. The Labute approximate surface area is 98.7 Å². The van der Waals surface area contributed by atoms with E-state index in [0.717, 1.165) is 11.6 Å². The van der Waals surface area contributed by atoms with Gasteiger partial charge in [-0.25, -0.2) is 0 Å². The zero-order valence-electron chi connectivity index (χ0n) is 8.46. The number of thiophene rings is 1. The van der Waals surface area contributed by atoms with Gasteiger partial charge >= 0.3 is 0 Å². The Kier molecular flexibility index (Phi) is 3.41. The monoisotopic (exact) mass is 237 g/mol. The van der Waals surface area contributed by atoms with Crippen LogP contribution in [0.5, 0.6) is 0 Å². The van der Waals surface area contributed by atoms with Gasteiger partial charge in [-0.1, -0.05) is 23.7 Å². The molecule has 0 atom stereocenters. The molecule has 78 valence electrons. The van der Waals surface area contributed by atoms with Crippen molar-refractivity contribution in [1.82, 2.24) is 5.32 Å². The summed E-state index contributed by atoms with van der Waals surface area (Å²) >= 11 is 7.61. The highest BCUT2D eigenvalue weighted by molar-refractivity contribution is 7.13. The SMILES string of the molecule is CNCc1csc(-c2ccc(Cl)cc2)c1. The first-order valence-electron chi connectivity index (χ1n) is 4.77. The summed E-state index contributed by atoms with van der Waals surface area (Å²) in [5.41, 5.74) is 2.55. The molecule has 0 aliphatic rings. The molecular formula is C12H12ClNS. The van der Waals surface area contributed by atoms with Gasteiger partial charge in [0.2, 0.25) is 0 Å². The molecule has 0 bridgehead atoms. The van der Waals surface area contributed by atoms with Crippen molar-refractivity contribution in [3.8, 4) is 10.4 Å². The van der Waals surface area contributed by atoms with Crippen molar-refractivity contribution in [3.63, 3.8) is 0 Å². The van der Waals surface area contributed by atoms with Crippen LogP contribution in [0.15, 0.2) is 35.7 Å². The van der Waals surface area contributed by atoms with Crippen LogP contribution in [-0.4, -0.2) is 7.05 Å². The second-order valence-corrected chi connectivity index (χ2v) is 4.70. The van der Waals surface area contributed by atoms with Gasteiger partial charge in [0, 0.05) is 16.4 Å². The largest absolute Gasteiger partial charge is 0.316 e. The second-order valence-electron chi connectivity index (χ2n) is 3.36. The highest BCUT2D eigenvalue weighted by Crippen LogP contribution is 2.28. The molecule has 0 spiro atoms. The van der Waals surface area contributed by atoms with E-state index in [9.17, 15) is 0 Å². The quantitative estimate of drug-likeness (QED) is 0.857. The van der Waals surface area contributed by atoms with Crippen molar-refractivity contribution >= 4 is 22.9 Å². The summed E-state index contributed by atoms with van der Waals surface area (Å²) < 4.78 is 0. The standard InChI is InChI=1S/C12H12ClNS/c1-14-7-9-6-12(15-8-9)10-2-4-11(13)5-3-10/h2-6,8,14H,7H2,1H3. The minimum Gasteiger partial charge on any atom is -0.316 e. The summed E-state index contributed by atoms with van der Waals surface area (Å²) in [4.78, 5) is 1.29. The van der Waals surface area contributed by atoms with Crippen molar-refractivity contribution in [1.29, 1.82) is 0 Å². The molecule has 0 saturated heterocycles. The summed E-state index contributed by atoms with van der Waals surface area (Å²) in [6.45, 7) is 0.921. The van der Waals surface area contributed by atoms with Crippen LogP contribution in [0.4, 0.5) is 0 Å². The summed E-state index contributed by atoms with van der Waals surface area (Å²) in [6, 6.07) is 10.2. The van der Waals surface area contributed by atoms with Gasteiger partial charge in [-0.2, -0.15) is 0 Å². The highest BCUT2D eigenvalue weighted by Gasteiger charge is 2.01. The van der Waals surface area contributed by atoms with E-state index in [-0.39, 0.29) is 0 Å². The second kappa shape index (κ2) is 4.79. The van der Waals surface area contributed by atoms with E-state index in [1.807, 2.05) is 19.2 Å². The zero-order valence-corrected chi connectivity index (χ0v) is 10.0. The molecule has 2 aromatic rings. The molecule has 0 unspecified atom stereocenters. The molecule has 1 nitrogen and oxygen atoms in total. The molecule has 3 heteroatoms. The lowest BCUT2D eigenvalue weighted by molar-refractivity contribution is 0.821. The fraction of sp³-hybridized carbons (Fsp3) is 0.167. The lowest BCUT2D eigenvalue weighted by Crippen LogP contribution is -2.03. The highest BCUT2D eigenvalue weighted by atomic mass is 35.5. The molecule has 0 amide bonds. The Morgan fingerprint density at radius 1 is 1.27 bits per heavy atom. The maximum absolute atomic E-state index is 5.85. The van der Waals surface area contributed by atoms with E-state index in [1.54, 1.807) is 11.3 Å². The van der Waals surface area contributed by atoms with Crippen LogP contribution < -0.4 is 5.32 Å². The normalized spacial score (nSPS) is 10.5. The zero-order chi connectivity index (χ0) is 10.7. The first kappa shape index (κ1) is 10.7. The summed E-state index contributed by atoms with van der Waals surface area (Å²) in [7, 11) is 1.96. The predicted octanol–water partition coefficient (Wildman–Crippen LogP) is 3.79. The number of halogens is 1. The third-order valence-electron chi connectivity index (χ3n) is 2.16. The number of benzene rings is 1. The van der Waals surface area contributed by atoms with Gasteiger partial charge in [0.1, 0.15) is 0 Å². The Bertz CT molecular complexity index is 433. The smallest absolute Gasteiger partial charge is 0.0406 e. The van der Waals surface area contributed by atoms with Crippen LogP contribution in [0, 0.1) is 0 Å². The van der Waals surface area contributed by atoms with E-state index in [1.165, 1.54) is 16.0 Å². The first-order chi connectivity index (χ1) is 7.29. The van der Waals surface area contributed by atoms with Gasteiger partial charge in [0.15, 0.2) is 0 Å². The molecule has 1 heterocycles. The van der Waals surface area contributed by atoms with E-state index in [2.05, 4.69) is 28.9 Å². The number of hydrogen-bond acceptors (Lipinski definition) is 2. The van der Waals surface area contributed by atoms with E-state index in [0.29, 0.717) is 0 Å². The van der Waals surface area contributed by atoms with Crippen molar-refractivity contribution in [2.75, 3.05) is 7.05 Å². The fourth-order valence-corrected chi connectivity index (χ4v) is 2.49. The van der Waals surface area contributed by atoms with Crippen LogP contribution in [0.2, 0.25) is 5.02 Å². The number of rotatable bonds is 3. The Morgan fingerprint density at radius 3 is 2.67 bits per heavy atom. The molecular weight excluding hydrogens is 226 g/mol. The molecule has 1 aromatic heterocycles. The van der Waals surface area contributed by atoms with Crippen molar-refractivity contribution in [3.05, 3.63) is 46.3 Å².